The molecule has 1 amide bonds. The van der Waals surface area contributed by atoms with Crippen LogP contribution in [0.1, 0.15) is 18.9 Å². The minimum atomic E-state index is -0.299. The lowest BCUT2D eigenvalue weighted by Crippen LogP contribution is -2.24. The van der Waals surface area contributed by atoms with E-state index in [2.05, 4.69) is 22.2 Å². The van der Waals surface area contributed by atoms with Crippen LogP contribution in [0.5, 0.6) is 0 Å². The standard InChI is InChI=1S/C17H20ClFN4OS/c1-3-8-23(2)15-9-14(18)21-17(22-15)25-11-16(24)20-10-12-4-6-13(19)7-5-12/h4-7,9H,3,8,10-11H2,1-2H3,(H,20,24). The summed E-state index contributed by atoms with van der Waals surface area (Å²) in [5.41, 5.74) is 0.835. The van der Waals surface area contributed by atoms with Crippen LogP contribution in [-0.2, 0) is 11.3 Å². The second-order valence-electron chi connectivity index (χ2n) is 5.44. The summed E-state index contributed by atoms with van der Waals surface area (Å²) < 4.78 is 12.8. The molecule has 134 valence electrons. The van der Waals surface area contributed by atoms with E-state index in [4.69, 9.17) is 11.6 Å². The highest BCUT2D eigenvalue weighted by molar-refractivity contribution is 7.99. The molecular formula is C17H20ClFN4OS. The summed E-state index contributed by atoms with van der Waals surface area (Å²) in [6.07, 6.45) is 0.992. The Bertz CT molecular complexity index is 714. The van der Waals surface area contributed by atoms with Crippen LogP contribution in [0.15, 0.2) is 35.5 Å². The van der Waals surface area contributed by atoms with E-state index in [0.29, 0.717) is 16.9 Å². The molecule has 1 aromatic carbocycles. The van der Waals surface area contributed by atoms with Gasteiger partial charge in [-0.05, 0) is 24.1 Å². The number of thioether (sulfide) groups is 1. The molecule has 0 atom stereocenters. The summed E-state index contributed by atoms with van der Waals surface area (Å²) in [5.74, 6) is 0.461. The number of nitrogens with zero attached hydrogens (tertiary/aromatic N) is 3. The summed E-state index contributed by atoms with van der Waals surface area (Å²) in [7, 11) is 1.94. The van der Waals surface area contributed by atoms with E-state index in [1.165, 1.54) is 23.9 Å². The maximum Gasteiger partial charge on any atom is 0.230 e. The Morgan fingerprint density at radius 3 is 2.72 bits per heavy atom. The van der Waals surface area contributed by atoms with Crippen molar-refractivity contribution in [1.82, 2.24) is 15.3 Å². The summed E-state index contributed by atoms with van der Waals surface area (Å²) >= 11 is 7.27. The Kier molecular flexibility index (Phi) is 7.46. The highest BCUT2D eigenvalue weighted by atomic mass is 35.5. The Morgan fingerprint density at radius 2 is 2.04 bits per heavy atom. The molecule has 25 heavy (non-hydrogen) atoms. The van der Waals surface area contributed by atoms with Crippen molar-refractivity contribution in [3.05, 3.63) is 46.9 Å². The van der Waals surface area contributed by atoms with Gasteiger partial charge in [-0.15, -0.1) is 0 Å². The average molecular weight is 383 g/mol. The van der Waals surface area contributed by atoms with Gasteiger partial charge in [-0.3, -0.25) is 4.79 Å². The molecule has 0 radical (unpaired) electrons. The molecule has 5 nitrogen and oxygen atoms in total. The Hall–Kier alpha value is -1.86. The second kappa shape index (κ2) is 9.58. The molecule has 0 unspecified atom stereocenters. The van der Waals surface area contributed by atoms with Crippen molar-refractivity contribution < 1.29 is 9.18 Å². The molecular weight excluding hydrogens is 363 g/mol. The Labute approximate surface area is 156 Å². The third-order valence-electron chi connectivity index (χ3n) is 3.35. The number of hydrogen-bond acceptors (Lipinski definition) is 5. The predicted molar refractivity (Wildman–Crippen MR) is 99.6 cm³/mol. The van der Waals surface area contributed by atoms with E-state index in [9.17, 15) is 9.18 Å². The maximum atomic E-state index is 12.8. The lowest BCUT2D eigenvalue weighted by atomic mass is 10.2. The lowest BCUT2D eigenvalue weighted by molar-refractivity contribution is -0.118. The van der Waals surface area contributed by atoms with E-state index in [0.717, 1.165) is 24.3 Å². The van der Waals surface area contributed by atoms with Crippen LogP contribution >= 0.6 is 23.4 Å². The van der Waals surface area contributed by atoms with Crippen LogP contribution < -0.4 is 10.2 Å². The van der Waals surface area contributed by atoms with Crippen LogP contribution in [-0.4, -0.2) is 35.2 Å². The number of nitrogens with one attached hydrogen (secondary N) is 1. The zero-order chi connectivity index (χ0) is 18.2. The van der Waals surface area contributed by atoms with E-state index in [1.54, 1.807) is 18.2 Å². The Morgan fingerprint density at radius 1 is 1.32 bits per heavy atom. The molecule has 0 saturated carbocycles. The van der Waals surface area contributed by atoms with Gasteiger partial charge in [-0.25, -0.2) is 14.4 Å². The number of amides is 1. The second-order valence-corrected chi connectivity index (χ2v) is 6.77. The number of rotatable bonds is 8. The van der Waals surface area contributed by atoms with Gasteiger partial charge in [0.1, 0.15) is 16.8 Å². The summed E-state index contributed by atoms with van der Waals surface area (Å²) in [6.45, 7) is 3.29. The predicted octanol–water partition coefficient (Wildman–Crippen LogP) is 3.52. The number of carbonyl (C=O) groups is 1. The monoisotopic (exact) mass is 382 g/mol. The first-order valence-electron chi connectivity index (χ1n) is 7.87. The lowest BCUT2D eigenvalue weighted by Gasteiger charge is -2.17. The molecule has 0 bridgehead atoms. The third kappa shape index (κ3) is 6.51. The van der Waals surface area contributed by atoms with Crippen LogP contribution in [0, 0.1) is 5.82 Å². The topological polar surface area (TPSA) is 58.1 Å². The molecule has 1 N–H and O–H groups in total. The average Bonchev–Trinajstić information content (AvgIpc) is 2.59. The maximum absolute atomic E-state index is 12.8. The zero-order valence-electron chi connectivity index (χ0n) is 14.1. The Balaban J connectivity index is 1.87. The van der Waals surface area contributed by atoms with E-state index in [-0.39, 0.29) is 17.5 Å². The van der Waals surface area contributed by atoms with Gasteiger partial charge in [0.05, 0.1) is 5.75 Å². The van der Waals surface area contributed by atoms with Gasteiger partial charge in [0.2, 0.25) is 5.91 Å². The minimum absolute atomic E-state index is 0.152. The summed E-state index contributed by atoms with van der Waals surface area (Å²) in [5, 5.41) is 3.59. The number of aromatic nitrogens is 2. The van der Waals surface area contributed by atoms with Crippen molar-refractivity contribution in [3.8, 4) is 0 Å². The first kappa shape index (κ1) is 19.5. The summed E-state index contributed by atoms with van der Waals surface area (Å²) in [6, 6.07) is 7.71. The molecule has 0 fully saturated rings. The van der Waals surface area contributed by atoms with E-state index >= 15 is 0 Å². The van der Waals surface area contributed by atoms with Crippen molar-refractivity contribution >= 4 is 35.1 Å². The van der Waals surface area contributed by atoms with Gasteiger partial charge >= 0.3 is 0 Å². The molecule has 0 aliphatic rings. The van der Waals surface area contributed by atoms with Crippen LogP contribution in [0.25, 0.3) is 0 Å². The van der Waals surface area contributed by atoms with Gasteiger partial charge in [-0.2, -0.15) is 0 Å². The number of benzene rings is 1. The third-order valence-corrected chi connectivity index (χ3v) is 4.39. The van der Waals surface area contributed by atoms with Gasteiger partial charge in [-0.1, -0.05) is 42.4 Å². The fraction of sp³-hybridized carbons (Fsp3) is 0.353. The van der Waals surface area contributed by atoms with Crippen LogP contribution in [0.2, 0.25) is 5.15 Å². The molecule has 2 aromatic rings. The van der Waals surface area contributed by atoms with Crippen molar-refractivity contribution in [1.29, 1.82) is 0 Å². The molecule has 0 aliphatic heterocycles. The highest BCUT2D eigenvalue weighted by Crippen LogP contribution is 2.21. The number of hydrogen-bond donors (Lipinski definition) is 1. The SMILES string of the molecule is CCCN(C)c1cc(Cl)nc(SCC(=O)NCc2ccc(F)cc2)n1. The van der Waals surface area contributed by atoms with Crippen molar-refractivity contribution in [2.75, 3.05) is 24.2 Å². The van der Waals surface area contributed by atoms with Gasteiger partial charge < -0.3 is 10.2 Å². The highest BCUT2D eigenvalue weighted by Gasteiger charge is 2.10. The first-order valence-corrected chi connectivity index (χ1v) is 9.24. The smallest absolute Gasteiger partial charge is 0.230 e. The van der Waals surface area contributed by atoms with Gasteiger partial charge in [0, 0.05) is 26.2 Å². The number of anilines is 1. The number of carbonyl (C=O) groups excluding carboxylic acids is 1. The fourth-order valence-electron chi connectivity index (χ4n) is 2.08. The van der Waals surface area contributed by atoms with E-state index < -0.39 is 0 Å². The fourth-order valence-corrected chi connectivity index (χ4v) is 2.99. The molecule has 0 spiro atoms. The normalized spacial score (nSPS) is 10.6. The molecule has 0 saturated heterocycles. The molecule has 2 rings (SSSR count). The summed E-state index contributed by atoms with van der Waals surface area (Å²) in [4.78, 5) is 22.5. The quantitative estimate of drug-likeness (QED) is 0.430. The van der Waals surface area contributed by atoms with Crippen LogP contribution in [0.4, 0.5) is 10.2 Å². The first-order chi connectivity index (χ1) is 12.0. The van der Waals surface area contributed by atoms with Gasteiger partial charge in [0.25, 0.3) is 0 Å². The molecule has 8 heteroatoms. The molecule has 0 aliphatic carbocycles. The van der Waals surface area contributed by atoms with Gasteiger partial charge in [0.15, 0.2) is 5.16 Å². The van der Waals surface area contributed by atoms with Crippen molar-refractivity contribution in [2.45, 2.75) is 25.0 Å². The largest absolute Gasteiger partial charge is 0.360 e. The van der Waals surface area contributed by atoms with Crippen molar-refractivity contribution in [3.63, 3.8) is 0 Å². The van der Waals surface area contributed by atoms with Crippen LogP contribution in [0.3, 0.4) is 0 Å². The minimum Gasteiger partial charge on any atom is -0.360 e. The zero-order valence-corrected chi connectivity index (χ0v) is 15.7. The molecule has 1 heterocycles. The van der Waals surface area contributed by atoms with E-state index in [1.807, 2.05) is 11.9 Å². The molecule has 1 aromatic heterocycles. The number of halogens is 2. The van der Waals surface area contributed by atoms with Crippen molar-refractivity contribution in [2.24, 2.45) is 0 Å².